The van der Waals surface area contributed by atoms with Crippen molar-refractivity contribution in [1.29, 1.82) is 0 Å². The van der Waals surface area contributed by atoms with Crippen LogP contribution in [0.15, 0.2) is 47.4 Å². The van der Waals surface area contributed by atoms with E-state index in [1.54, 1.807) is 37.3 Å². The van der Waals surface area contributed by atoms with Gasteiger partial charge >= 0.3 is 5.97 Å². The summed E-state index contributed by atoms with van der Waals surface area (Å²) in [6.07, 6.45) is 1.61. The number of hydrogen-bond acceptors (Lipinski definition) is 6. The van der Waals surface area contributed by atoms with Crippen LogP contribution < -0.4 is 4.72 Å². The number of amides is 2. The number of nitrogens with one attached hydrogen (secondary N) is 1. The molecule has 0 unspecified atom stereocenters. The van der Waals surface area contributed by atoms with E-state index >= 15 is 0 Å². The standard InChI is InChI=1S/C21H20N2O6S/c1-13-6-9-15(30(27,28)22-14-7-8-14)12-18(13)21(26)29-11-10-23-19(24)16-4-2-3-5-17(16)20(23)25/h2-6,9,12,14,22H,7-8,10-11H2,1H3. The zero-order chi connectivity index (χ0) is 21.5. The number of esters is 1. The van der Waals surface area contributed by atoms with Crippen molar-refractivity contribution in [3.05, 3.63) is 64.7 Å². The number of imide groups is 1. The molecule has 9 heteroatoms. The molecule has 1 fully saturated rings. The zero-order valence-electron chi connectivity index (χ0n) is 16.3. The van der Waals surface area contributed by atoms with Gasteiger partial charge in [-0.3, -0.25) is 14.5 Å². The van der Waals surface area contributed by atoms with Crippen LogP contribution in [-0.4, -0.2) is 50.3 Å². The van der Waals surface area contributed by atoms with Crippen molar-refractivity contribution >= 4 is 27.8 Å². The Morgan fingerprint density at radius 1 is 1.10 bits per heavy atom. The fourth-order valence-corrected chi connectivity index (χ4v) is 4.56. The van der Waals surface area contributed by atoms with E-state index in [9.17, 15) is 22.8 Å². The molecule has 1 heterocycles. The number of benzene rings is 2. The van der Waals surface area contributed by atoms with Crippen molar-refractivity contribution in [1.82, 2.24) is 9.62 Å². The van der Waals surface area contributed by atoms with E-state index < -0.39 is 27.8 Å². The van der Waals surface area contributed by atoms with Gasteiger partial charge in [-0.1, -0.05) is 18.2 Å². The highest BCUT2D eigenvalue weighted by molar-refractivity contribution is 7.89. The maximum Gasteiger partial charge on any atom is 0.338 e. The van der Waals surface area contributed by atoms with Gasteiger partial charge < -0.3 is 4.74 Å². The molecule has 2 aliphatic rings. The Hall–Kier alpha value is -3.04. The maximum atomic E-state index is 12.5. The Balaban J connectivity index is 1.42. The summed E-state index contributed by atoms with van der Waals surface area (Å²) in [5, 5.41) is 0. The van der Waals surface area contributed by atoms with Gasteiger partial charge in [0.25, 0.3) is 11.8 Å². The van der Waals surface area contributed by atoms with Crippen molar-refractivity contribution in [3.8, 4) is 0 Å². The quantitative estimate of drug-likeness (QED) is 0.533. The molecule has 1 N–H and O–H groups in total. The minimum Gasteiger partial charge on any atom is -0.460 e. The molecule has 2 aromatic rings. The van der Waals surface area contributed by atoms with Crippen molar-refractivity contribution in [2.45, 2.75) is 30.7 Å². The van der Waals surface area contributed by atoms with Crippen LogP contribution in [0.5, 0.6) is 0 Å². The summed E-state index contributed by atoms with van der Waals surface area (Å²) < 4.78 is 32.6. The van der Waals surface area contributed by atoms with Crippen LogP contribution in [-0.2, 0) is 14.8 Å². The van der Waals surface area contributed by atoms with Gasteiger partial charge in [-0.25, -0.2) is 17.9 Å². The summed E-state index contributed by atoms with van der Waals surface area (Å²) >= 11 is 0. The van der Waals surface area contributed by atoms with Gasteiger partial charge in [0.05, 0.1) is 28.1 Å². The van der Waals surface area contributed by atoms with Crippen molar-refractivity contribution in [3.63, 3.8) is 0 Å². The lowest BCUT2D eigenvalue weighted by atomic mass is 10.1. The second-order valence-electron chi connectivity index (χ2n) is 7.32. The lowest BCUT2D eigenvalue weighted by molar-refractivity contribution is 0.0419. The molecule has 1 aliphatic heterocycles. The first-order valence-electron chi connectivity index (χ1n) is 9.53. The summed E-state index contributed by atoms with van der Waals surface area (Å²) in [6, 6.07) is 10.7. The molecule has 0 aromatic heterocycles. The predicted molar refractivity (Wildman–Crippen MR) is 107 cm³/mol. The topological polar surface area (TPSA) is 110 Å². The second-order valence-corrected chi connectivity index (χ2v) is 9.03. The SMILES string of the molecule is Cc1ccc(S(=O)(=O)NC2CC2)cc1C(=O)OCCN1C(=O)c2ccccc2C1=O. The van der Waals surface area contributed by atoms with Crippen molar-refractivity contribution in [2.75, 3.05) is 13.2 Å². The van der Waals surface area contributed by atoms with Crippen molar-refractivity contribution < 1.29 is 27.5 Å². The third-order valence-corrected chi connectivity index (χ3v) is 6.58. The summed E-state index contributed by atoms with van der Waals surface area (Å²) in [7, 11) is -3.70. The summed E-state index contributed by atoms with van der Waals surface area (Å²) in [4.78, 5) is 38.2. The van der Waals surface area contributed by atoms with E-state index in [1.807, 2.05) is 0 Å². The van der Waals surface area contributed by atoms with Crippen LogP contribution in [0, 0.1) is 6.92 Å². The third-order valence-electron chi connectivity index (χ3n) is 5.06. The van der Waals surface area contributed by atoms with Gasteiger partial charge in [-0.2, -0.15) is 0 Å². The first kappa shape index (κ1) is 20.2. The summed E-state index contributed by atoms with van der Waals surface area (Å²) in [6.45, 7) is 1.39. The zero-order valence-corrected chi connectivity index (χ0v) is 17.1. The lowest BCUT2D eigenvalue weighted by Crippen LogP contribution is -2.33. The van der Waals surface area contributed by atoms with E-state index in [-0.39, 0.29) is 29.7 Å². The van der Waals surface area contributed by atoms with Crippen LogP contribution in [0.3, 0.4) is 0 Å². The van der Waals surface area contributed by atoms with E-state index in [1.165, 1.54) is 12.1 Å². The van der Waals surface area contributed by atoms with Crippen LogP contribution in [0.2, 0.25) is 0 Å². The molecular formula is C21H20N2O6S. The highest BCUT2D eigenvalue weighted by atomic mass is 32.2. The molecule has 0 radical (unpaired) electrons. The number of ether oxygens (including phenoxy) is 1. The number of hydrogen-bond donors (Lipinski definition) is 1. The average molecular weight is 428 g/mol. The number of sulfonamides is 1. The Morgan fingerprint density at radius 3 is 2.33 bits per heavy atom. The Kier molecular flexibility index (Phi) is 5.17. The highest BCUT2D eigenvalue weighted by Gasteiger charge is 2.35. The van der Waals surface area contributed by atoms with Crippen LogP contribution >= 0.6 is 0 Å². The Morgan fingerprint density at radius 2 is 1.73 bits per heavy atom. The molecule has 2 amide bonds. The lowest BCUT2D eigenvalue weighted by Gasteiger charge is -2.14. The highest BCUT2D eigenvalue weighted by Crippen LogP contribution is 2.24. The predicted octanol–water partition coefficient (Wildman–Crippen LogP) is 1.89. The third kappa shape index (κ3) is 3.86. The molecule has 156 valence electrons. The molecule has 1 saturated carbocycles. The molecule has 8 nitrogen and oxygen atoms in total. The Bertz CT molecular complexity index is 1120. The van der Waals surface area contributed by atoms with E-state index in [2.05, 4.69) is 4.72 Å². The Labute approximate surface area is 173 Å². The van der Waals surface area contributed by atoms with Gasteiger partial charge in [0, 0.05) is 6.04 Å². The number of aryl methyl sites for hydroxylation is 1. The number of fused-ring (bicyclic) bond motifs is 1. The van der Waals surface area contributed by atoms with Gasteiger partial charge in [0.2, 0.25) is 10.0 Å². The molecule has 0 saturated heterocycles. The first-order chi connectivity index (χ1) is 14.3. The van der Waals surface area contributed by atoms with E-state index in [4.69, 9.17) is 4.74 Å². The monoisotopic (exact) mass is 428 g/mol. The van der Waals surface area contributed by atoms with Crippen LogP contribution in [0.1, 0.15) is 49.5 Å². The normalized spacial score (nSPS) is 16.0. The van der Waals surface area contributed by atoms with Crippen LogP contribution in [0.4, 0.5) is 0 Å². The molecule has 4 rings (SSSR count). The molecule has 1 aliphatic carbocycles. The molecular weight excluding hydrogens is 408 g/mol. The van der Waals surface area contributed by atoms with Crippen LogP contribution in [0.25, 0.3) is 0 Å². The van der Waals surface area contributed by atoms with Gasteiger partial charge in [-0.15, -0.1) is 0 Å². The first-order valence-corrected chi connectivity index (χ1v) is 11.0. The van der Waals surface area contributed by atoms with E-state index in [0.29, 0.717) is 16.7 Å². The molecule has 0 spiro atoms. The van der Waals surface area contributed by atoms with Gasteiger partial charge in [-0.05, 0) is 49.6 Å². The smallest absolute Gasteiger partial charge is 0.338 e. The molecule has 0 atom stereocenters. The maximum absolute atomic E-state index is 12.5. The molecule has 0 bridgehead atoms. The minimum atomic E-state index is -3.70. The number of carbonyl (C=O) groups is 3. The largest absolute Gasteiger partial charge is 0.460 e. The van der Waals surface area contributed by atoms with Gasteiger partial charge in [0.15, 0.2) is 0 Å². The molecule has 2 aromatic carbocycles. The summed E-state index contributed by atoms with van der Waals surface area (Å²) in [5.41, 5.74) is 1.33. The molecule has 30 heavy (non-hydrogen) atoms. The fraction of sp³-hybridized carbons (Fsp3) is 0.286. The average Bonchev–Trinajstić information content (AvgIpc) is 3.49. The second kappa shape index (κ2) is 7.66. The fourth-order valence-electron chi connectivity index (χ4n) is 3.23. The van der Waals surface area contributed by atoms with E-state index in [0.717, 1.165) is 17.7 Å². The number of nitrogens with zero attached hydrogens (tertiary/aromatic N) is 1. The van der Waals surface area contributed by atoms with Crippen molar-refractivity contribution in [2.24, 2.45) is 0 Å². The number of rotatable bonds is 7. The number of carbonyl (C=O) groups excluding carboxylic acids is 3. The van der Waals surface area contributed by atoms with Gasteiger partial charge in [0.1, 0.15) is 6.61 Å². The minimum absolute atomic E-state index is 0.00713. The summed E-state index contributed by atoms with van der Waals surface area (Å²) in [5.74, 6) is -1.57.